The maximum Gasteiger partial charge on any atom is 0.118 e. The Morgan fingerprint density at radius 3 is 2.74 bits per heavy atom. The number of hydrogen-bond acceptors (Lipinski definition) is 3. The Bertz CT molecular complexity index is 411. The normalized spacial score (nSPS) is 24.5. The third-order valence-corrected chi connectivity index (χ3v) is 4.04. The highest BCUT2D eigenvalue weighted by Crippen LogP contribution is 2.26. The SMILES string of the molecule is Cc1oc(CNC(C)C)cc1CN1CC(C)CC1C. The fraction of sp³-hybridized carbons (Fsp3) is 0.750. The van der Waals surface area contributed by atoms with Gasteiger partial charge in [0.25, 0.3) is 0 Å². The summed E-state index contributed by atoms with van der Waals surface area (Å²) in [5.74, 6) is 2.96. The molecule has 0 saturated carbocycles. The standard InChI is InChI=1S/C16H28N2O/c1-11(2)17-8-16-7-15(14(5)19-16)10-18-9-12(3)6-13(18)4/h7,11-13,17H,6,8-10H2,1-5H3. The van der Waals surface area contributed by atoms with Crippen LogP contribution in [0.2, 0.25) is 0 Å². The van der Waals surface area contributed by atoms with Gasteiger partial charge in [-0.1, -0.05) is 20.8 Å². The molecular formula is C16H28N2O. The Kier molecular flexibility index (Phi) is 4.69. The van der Waals surface area contributed by atoms with Crippen LogP contribution >= 0.6 is 0 Å². The van der Waals surface area contributed by atoms with Gasteiger partial charge in [-0.3, -0.25) is 4.90 Å². The summed E-state index contributed by atoms with van der Waals surface area (Å²) in [4.78, 5) is 2.57. The van der Waals surface area contributed by atoms with Crippen molar-refractivity contribution in [3.05, 3.63) is 23.2 Å². The van der Waals surface area contributed by atoms with E-state index in [1.54, 1.807) is 0 Å². The molecular weight excluding hydrogens is 236 g/mol. The largest absolute Gasteiger partial charge is 0.465 e. The lowest BCUT2D eigenvalue weighted by atomic mass is 10.1. The number of aryl methyl sites for hydroxylation is 1. The molecule has 0 aliphatic carbocycles. The number of furan rings is 1. The van der Waals surface area contributed by atoms with Gasteiger partial charge in [-0.25, -0.2) is 0 Å². The molecule has 19 heavy (non-hydrogen) atoms. The van der Waals surface area contributed by atoms with Crippen LogP contribution in [-0.2, 0) is 13.1 Å². The van der Waals surface area contributed by atoms with Crippen molar-refractivity contribution < 1.29 is 4.42 Å². The minimum absolute atomic E-state index is 0.494. The van der Waals surface area contributed by atoms with E-state index < -0.39 is 0 Å². The average Bonchev–Trinajstić information content (AvgIpc) is 2.81. The Balaban J connectivity index is 1.97. The first-order valence-corrected chi connectivity index (χ1v) is 7.51. The fourth-order valence-corrected chi connectivity index (χ4v) is 2.96. The van der Waals surface area contributed by atoms with Crippen LogP contribution in [0.1, 0.15) is 51.2 Å². The number of hydrogen-bond donors (Lipinski definition) is 1. The molecule has 2 unspecified atom stereocenters. The Labute approximate surface area is 117 Å². The monoisotopic (exact) mass is 264 g/mol. The maximum absolute atomic E-state index is 5.85. The van der Waals surface area contributed by atoms with Gasteiger partial charge in [-0.2, -0.15) is 0 Å². The van der Waals surface area contributed by atoms with E-state index in [2.05, 4.69) is 50.9 Å². The van der Waals surface area contributed by atoms with E-state index in [1.807, 2.05) is 0 Å². The zero-order chi connectivity index (χ0) is 14.0. The smallest absolute Gasteiger partial charge is 0.118 e. The van der Waals surface area contributed by atoms with Gasteiger partial charge in [0.2, 0.25) is 0 Å². The predicted octanol–water partition coefficient (Wildman–Crippen LogP) is 3.32. The summed E-state index contributed by atoms with van der Waals surface area (Å²) in [5.41, 5.74) is 1.35. The minimum atomic E-state index is 0.494. The van der Waals surface area contributed by atoms with E-state index in [0.717, 1.165) is 30.5 Å². The number of likely N-dealkylation sites (tertiary alicyclic amines) is 1. The van der Waals surface area contributed by atoms with Gasteiger partial charge >= 0.3 is 0 Å². The molecule has 0 amide bonds. The van der Waals surface area contributed by atoms with E-state index in [4.69, 9.17) is 4.42 Å². The average molecular weight is 264 g/mol. The molecule has 1 aliphatic rings. The van der Waals surface area contributed by atoms with E-state index in [0.29, 0.717) is 12.1 Å². The highest BCUT2D eigenvalue weighted by molar-refractivity contribution is 5.21. The second-order valence-corrected chi connectivity index (χ2v) is 6.45. The van der Waals surface area contributed by atoms with E-state index in [-0.39, 0.29) is 0 Å². The van der Waals surface area contributed by atoms with Crippen LogP contribution < -0.4 is 5.32 Å². The summed E-state index contributed by atoms with van der Waals surface area (Å²) in [6.45, 7) is 14.1. The molecule has 3 heteroatoms. The van der Waals surface area contributed by atoms with Crippen molar-refractivity contribution in [2.24, 2.45) is 5.92 Å². The van der Waals surface area contributed by atoms with Crippen molar-refractivity contribution in [1.29, 1.82) is 0 Å². The highest BCUT2D eigenvalue weighted by atomic mass is 16.3. The molecule has 0 spiro atoms. The topological polar surface area (TPSA) is 28.4 Å². The van der Waals surface area contributed by atoms with Crippen molar-refractivity contribution in [3.8, 4) is 0 Å². The second kappa shape index (κ2) is 6.10. The summed E-state index contributed by atoms with van der Waals surface area (Å²) < 4.78 is 5.85. The Hall–Kier alpha value is -0.800. The van der Waals surface area contributed by atoms with Gasteiger partial charge in [0.1, 0.15) is 11.5 Å². The molecule has 2 heterocycles. The predicted molar refractivity (Wildman–Crippen MR) is 79.1 cm³/mol. The Morgan fingerprint density at radius 1 is 1.42 bits per heavy atom. The number of nitrogens with one attached hydrogen (secondary N) is 1. The van der Waals surface area contributed by atoms with E-state index in [9.17, 15) is 0 Å². The number of rotatable bonds is 5. The summed E-state index contributed by atoms with van der Waals surface area (Å²) >= 11 is 0. The maximum atomic E-state index is 5.85. The van der Waals surface area contributed by atoms with Gasteiger partial charge in [-0.05, 0) is 32.3 Å². The van der Waals surface area contributed by atoms with Crippen LogP contribution in [-0.4, -0.2) is 23.5 Å². The summed E-state index contributed by atoms with van der Waals surface area (Å²) in [6, 6.07) is 3.41. The molecule has 0 bridgehead atoms. The van der Waals surface area contributed by atoms with E-state index in [1.165, 1.54) is 18.5 Å². The molecule has 1 N–H and O–H groups in total. The van der Waals surface area contributed by atoms with E-state index >= 15 is 0 Å². The van der Waals surface area contributed by atoms with Gasteiger partial charge < -0.3 is 9.73 Å². The molecule has 0 radical (unpaired) electrons. The van der Waals surface area contributed by atoms with Crippen molar-refractivity contribution in [2.45, 2.75) is 66.2 Å². The van der Waals surface area contributed by atoms with Crippen LogP contribution in [0.15, 0.2) is 10.5 Å². The molecule has 2 atom stereocenters. The van der Waals surface area contributed by atoms with Crippen LogP contribution in [0, 0.1) is 12.8 Å². The third kappa shape index (κ3) is 3.83. The van der Waals surface area contributed by atoms with Crippen LogP contribution in [0.3, 0.4) is 0 Å². The van der Waals surface area contributed by atoms with Crippen molar-refractivity contribution in [2.75, 3.05) is 6.54 Å². The van der Waals surface area contributed by atoms with Gasteiger partial charge in [0.15, 0.2) is 0 Å². The molecule has 1 aromatic rings. The molecule has 1 aromatic heterocycles. The lowest BCUT2D eigenvalue weighted by molar-refractivity contribution is 0.255. The second-order valence-electron chi connectivity index (χ2n) is 6.45. The lowest BCUT2D eigenvalue weighted by Crippen LogP contribution is -2.26. The molecule has 2 rings (SSSR count). The molecule has 108 valence electrons. The molecule has 3 nitrogen and oxygen atoms in total. The number of nitrogens with zero attached hydrogens (tertiary/aromatic N) is 1. The minimum Gasteiger partial charge on any atom is -0.465 e. The molecule has 1 aliphatic heterocycles. The van der Waals surface area contributed by atoms with Gasteiger partial charge in [-0.15, -0.1) is 0 Å². The molecule has 1 fully saturated rings. The van der Waals surface area contributed by atoms with Crippen LogP contribution in [0.4, 0.5) is 0 Å². The third-order valence-electron chi connectivity index (χ3n) is 4.04. The molecule has 1 saturated heterocycles. The zero-order valence-corrected chi connectivity index (χ0v) is 13.0. The first kappa shape index (κ1) is 14.6. The van der Waals surface area contributed by atoms with Crippen molar-refractivity contribution >= 4 is 0 Å². The first-order valence-electron chi connectivity index (χ1n) is 7.51. The lowest BCUT2D eigenvalue weighted by Gasteiger charge is -2.20. The summed E-state index contributed by atoms with van der Waals surface area (Å²) in [7, 11) is 0. The summed E-state index contributed by atoms with van der Waals surface area (Å²) in [6.07, 6.45) is 1.32. The zero-order valence-electron chi connectivity index (χ0n) is 13.0. The van der Waals surface area contributed by atoms with Crippen molar-refractivity contribution in [1.82, 2.24) is 10.2 Å². The Morgan fingerprint density at radius 2 is 2.16 bits per heavy atom. The van der Waals surface area contributed by atoms with Crippen molar-refractivity contribution in [3.63, 3.8) is 0 Å². The quantitative estimate of drug-likeness (QED) is 0.884. The van der Waals surface area contributed by atoms with Crippen LogP contribution in [0.5, 0.6) is 0 Å². The van der Waals surface area contributed by atoms with Gasteiger partial charge in [0.05, 0.1) is 6.54 Å². The first-order chi connectivity index (χ1) is 8.95. The fourth-order valence-electron chi connectivity index (χ4n) is 2.96. The molecule has 0 aromatic carbocycles. The van der Waals surface area contributed by atoms with Crippen LogP contribution in [0.25, 0.3) is 0 Å². The summed E-state index contributed by atoms with van der Waals surface area (Å²) in [5, 5.41) is 3.40. The van der Waals surface area contributed by atoms with Gasteiger partial charge in [0, 0.05) is 30.7 Å². The highest BCUT2D eigenvalue weighted by Gasteiger charge is 2.26.